The van der Waals surface area contributed by atoms with Gasteiger partial charge in [0.25, 0.3) is 11.8 Å². The van der Waals surface area contributed by atoms with E-state index in [-0.39, 0.29) is 36.3 Å². The maximum atomic E-state index is 13.6. The predicted molar refractivity (Wildman–Crippen MR) is 135 cm³/mol. The van der Waals surface area contributed by atoms with Crippen molar-refractivity contribution in [3.05, 3.63) is 94.7 Å². The highest BCUT2D eigenvalue weighted by atomic mass is 16.7. The summed E-state index contributed by atoms with van der Waals surface area (Å²) in [6, 6.07) is 21.1. The molecule has 2 aliphatic rings. The molecule has 0 aliphatic carbocycles. The topological polar surface area (TPSA) is 67.9 Å². The average Bonchev–Trinajstić information content (AvgIpc) is 3.38. The van der Waals surface area contributed by atoms with Gasteiger partial charge in [-0.15, -0.1) is 0 Å². The molecule has 0 spiro atoms. The van der Waals surface area contributed by atoms with E-state index in [4.69, 9.17) is 9.47 Å². The number of carbonyl (C=O) groups is 2. The number of fused-ring (bicyclic) bond motifs is 1. The Kier molecular flexibility index (Phi) is 5.59. The smallest absolute Gasteiger partial charge is 0.278 e. The minimum atomic E-state index is -0.358. The molecule has 0 saturated heterocycles. The van der Waals surface area contributed by atoms with Crippen LogP contribution in [0.5, 0.6) is 11.5 Å². The zero-order valence-corrected chi connectivity index (χ0v) is 20.3. The van der Waals surface area contributed by atoms with Crippen LogP contribution < -0.4 is 14.8 Å². The first-order chi connectivity index (χ1) is 16.7. The monoisotopic (exact) mass is 468 g/mol. The first-order valence-electron chi connectivity index (χ1n) is 11.6. The van der Waals surface area contributed by atoms with Gasteiger partial charge in [-0.05, 0) is 53.3 Å². The summed E-state index contributed by atoms with van der Waals surface area (Å²) in [7, 11) is 0. The lowest BCUT2D eigenvalue weighted by Crippen LogP contribution is -2.32. The molecule has 178 valence electrons. The molecule has 0 bridgehead atoms. The van der Waals surface area contributed by atoms with E-state index in [1.807, 2.05) is 67.6 Å². The zero-order chi connectivity index (χ0) is 24.7. The number of hydrogen-bond acceptors (Lipinski definition) is 5. The number of carbonyl (C=O) groups excluding carboxylic acids is 2. The van der Waals surface area contributed by atoms with Gasteiger partial charge >= 0.3 is 0 Å². The molecular weight excluding hydrogens is 440 g/mol. The lowest BCUT2D eigenvalue weighted by atomic mass is 9.87. The number of amides is 2. The van der Waals surface area contributed by atoms with Crippen molar-refractivity contribution in [2.24, 2.45) is 0 Å². The minimum Gasteiger partial charge on any atom is -0.454 e. The van der Waals surface area contributed by atoms with E-state index in [1.54, 1.807) is 6.07 Å². The van der Waals surface area contributed by atoms with Crippen LogP contribution in [0.2, 0.25) is 0 Å². The van der Waals surface area contributed by atoms with Crippen molar-refractivity contribution in [2.45, 2.75) is 39.7 Å². The van der Waals surface area contributed by atoms with Crippen molar-refractivity contribution in [1.29, 1.82) is 0 Å². The Morgan fingerprint density at radius 3 is 2.23 bits per heavy atom. The van der Waals surface area contributed by atoms with Gasteiger partial charge in [0.15, 0.2) is 11.5 Å². The van der Waals surface area contributed by atoms with Gasteiger partial charge in [-0.25, -0.2) is 0 Å². The Morgan fingerprint density at radius 1 is 0.857 bits per heavy atom. The fourth-order valence-corrected chi connectivity index (χ4v) is 4.24. The van der Waals surface area contributed by atoms with E-state index in [9.17, 15) is 9.59 Å². The molecule has 2 heterocycles. The summed E-state index contributed by atoms with van der Waals surface area (Å²) in [5.74, 6) is 0.589. The molecule has 3 aromatic carbocycles. The summed E-state index contributed by atoms with van der Waals surface area (Å²) >= 11 is 0. The summed E-state index contributed by atoms with van der Waals surface area (Å²) in [5.41, 5.74) is 5.18. The molecule has 0 aromatic heterocycles. The maximum absolute atomic E-state index is 13.6. The van der Waals surface area contributed by atoms with E-state index in [0.29, 0.717) is 22.6 Å². The third-order valence-electron chi connectivity index (χ3n) is 6.31. The van der Waals surface area contributed by atoms with E-state index in [2.05, 4.69) is 26.1 Å². The Bertz CT molecular complexity index is 1330. The summed E-state index contributed by atoms with van der Waals surface area (Å²) in [6.07, 6.45) is 0. The molecule has 6 heteroatoms. The Morgan fingerprint density at radius 2 is 1.54 bits per heavy atom. The third-order valence-corrected chi connectivity index (χ3v) is 6.31. The van der Waals surface area contributed by atoms with Crippen LogP contribution in [0.1, 0.15) is 43.0 Å². The summed E-state index contributed by atoms with van der Waals surface area (Å²) in [4.78, 5) is 28.4. The molecule has 0 radical (unpaired) electrons. The van der Waals surface area contributed by atoms with Gasteiger partial charge in [-0.3, -0.25) is 14.5 Å². The van der Waals surface area contributed by atoms with Crippen molar-refractivity contribution in [3.8, 4) is 11.5 Å². The molecule has 5 rings (SSSR count). The van der Waals surface area contributed by atoms with E-state index < -0.39 is 0 Å². The number of hydrogen-bond donors (Lipinski definition) is 1. The van der Waals surface area contributed by atoms with Gasteiger partial charge < -0.3 is 14.8 Å². The van der Waals surface area contributed by atoms with Crippen LogP contribution in [0.4, 0.5) is 5.69 Å². The Labute approximate surface area is 205 Å². The first kappa shape index (κ1) is 22.7. The van der Waals surface area contributed by atoms with Crippen molar-refractivity contribution in [3.63, 3.8) is 0 Å². The number of benzene rings is 3. The van der Waals surface area contributed by atoms with Gasteiger partial charge in [0.2, 0.25) is 6.79 Å². The number of anilines is 1. The van der Waals surface area contributed by atoms with Crippen molar-refractivity contribution < 1.29 is 19.1 Å². The quantitative estimate of drug-likeness (QED) is 0.507. The normalized spacial score (nSPS) is 15.3. The molecule has 6 nitrogen and oxygen atoms in total. The molecule has 0 unspecified atom stereocenters. The predicted octanol–water partition coefficient (Wildman–Crippen LogP) is 5.41. The second-order valence-electron chi connectivity index (χ2n) is 9.95. The van der Waals surface area contributed by atoms with Crippen LogP contribution in [0, 0.1) is 6.92 Å². The average molecular weight is 469 g/mol. The molecule has 2 amide bonds. The molecule has 0 atom stereocenters. The number of nitrogens with zero attached hydrogens (tertiary/aromatic N) is 1. The highest BCUT2D eigenvalue weighted by Crippen LogP contribution is 2.35. The highest BCUT2D eigenvalue weighted by molar-refractivity contribution is 6.36. The second kappa shape index (κ2) is 8.62. The van der Waals surface area contributed by atoms with Gasteiger partial charge in [-0.1, -0.05) is 68.8 Å². The molecule has 3 aromatic rings. The lowest BCUT2D eigenvalue weighted by Gasteiger charge is -2.19. The van der Waals surface area contributed by atoms with Gasteiger partial charge in [-0.2, -0.15) is 0 Å². The molecular formula is C29H28N2O4. The Balaban J connectivity index is 1.48. The molecule has 0 saturated carbocycles. The van der Waals surface area contributed by atoms with Crippen LogP contribution in [0.3, 0.4) is 0 Å². The standard InChI is InChI=1S/C29H28N2O4/c1-18-5-8-20(9-6-18)25-26(30-22-12-10-21(11-13-22)29(2,3)4)28(33)31(27(25)32)16-19-7-14-23-24(15-19)35-17-34-23/h5-15,30H,16-17H2,1-4H3. The number of rotatable bonds is 5. The lowest BCUT2D eigenvalue weighted by molar-refractivity contribution is -0.137. The van der Waals surface area contributed by atoms with Crippen molar-refractivity contribution >= 4 is 23.1 Å². The number of nitrogens with one attached hydrogen (secondary N) is 1. The highest BCUT2D eigenvalue weighted by Gasteiger charge is 2.39. The van der Waals surface area contributed by atoms with Crippen molar-refractivity contribution in [2.75, 3.05) is 12.1 Å². The molecule has 35 heavy (non-hydrogen) atoms. The number of aryl methyl sites for hydroxylation is 1. The second-order valence-corrected chi connectivity index (χ2v) is 9.95. The van der Waals surface area contributed by atoms with Crippen LogP contribution in [-0.2, 0) is 21.5 Å². The fourth-order valence-electron chi connectivity index (χ4n) is 4.24. The van der Waals surface area contributed by atoms with Gasteiger partial charge in [0.05, 0.1) is 12.1 Å². The molecule has 0 fully saturated rings. The summed E-state index contributed by atoms with van der Waals surface area (Å²) < 4.78 is 10.8. The van der Waals surface area contributed by atoms with Crippen LogP contribution >= 0.6 is 0 Å². The SMILES string of the molecule is Cc1ccc(C2=C(Nc3ccc(C(C)(C)C)cc3)C(=O)N(Cc3ccc4c(c3)OCO4)C2=O)cc1. The van der Waals surface area contributed by atoms with Crippen LogP contribution in [0.15, 0.2) is 72.4 Å². The maximum Gasteiger partial charge on any atom is 0.278 e. The largest absolute Gasteiger partial charge is 0.454 e. The number of imide groups is 1. The molecule has 1 N–H and O–H groups in total. The van der Waals surface area contributed by atoms with E-state index >= 15 is 0 Å². The van der Waals surface area contributed by atoms with Gasteiger partial charge in [0, 0.05) is 5.69 Å². The Hall–Kier alpha value is -4.06. The fraction of sp³-hybridized carbons (Fsp3) is 0.241. The number of ether oxygens (including phenoxy) is 2. The first-order valence-corrected chi connectivity index (χ1v) is 11.6. The molecule has 2 aliphatic heterocycles. The van der Waals surface area contributed by atoms with Crippen LogP contribution in [-0.4, -0.2) is 23.5 Å². The minimum absolute atomic E-state index is 0.0193. The zero-order valence-electron chi connectivity index (χ0n) is 20.3. The van der Waals surface area contributed by atoms with Gasteiger partial charge in [0.1, 0.15) is 5.70 Å². The summed E-state index contributed by atoms with van der Waals surface area (Å²) in [5, 5.41) is 3.24. The van der Waals surface area contributed by atoms with Crippen molar-refractivity contribution in [1.82, 2.24) is 4.90 Å². The van der Waals surface area contributed by atoms with E-state index in [0.717, 1.165) is 16.8 Å². The van der Waals surface area contributed by atoms with Crippen LogP contribution in [0.25, 0.3) is 5.57 Å². The van der Waals surface area contributed by atoms with E-state index in [1.165, 1.54) is 10.5 Å². The summed E-state index contributed by atoms with van der Waals surface area (Å²) in [6.45, 7) is 8.75. The third kappa shape index (κ3) is 4.39.